The number of nitrogens with zero attached hydrogens (tertiary/aromatic N) is 2. The van der Waals surface area contributed by atoms with Crippen molar-refractivity contribution in [2.75, 3.05) is 13.1 Å². The van der Waals surface area contributed by atoms with Crippen LogP contribution in [0.4, 0.5) is 0 Å². The summed E-state index contributed by atoms with van der Waals surface area (Å²) in [6.07, 6.45) is 6.37. The molecular formula is C22H27N3O2S. The van der Waals surface area contributed by atoms with Crippen LogP contribution in [0.25, 0.3) is 0 Å². The van der Waals surface area contributed by atoms with Gasteiger partial charge in [0.2, 0.25) is 5.91 Å². The Morgan fingerprint density at radius 2 is 2.07 bits per heavy atom. The normalized spacial score (nSPS) is 19.9. The maximum absolute atomic E-state index is 12.8. The van der Waals surface area contributed by atoms with E-state index >= 15 is 0 Å². The quantitative estimate of drug-likeness (QED) is 0.860. The van der Waals surface area contributed by atoms with Crippen molar-refractivity contribution in [3.63, 3.8) is 0 Å². The highest BCUT2D eigenvalue weighted by molar-refractivity contribution is 7.14. The van der Waals surface area contributed by atoms with Gasteiger partial charge in [0.1, 0.15) is 0 Å². The number of hydrogen-bond acceptors (Lipinski definition) is 4. The van der Waals surface area contributed by atoms with Gasteiger partial charge >= 0.3 is 0 Å². The Balaban J connectivity index is 1.36. The topological polar surface area (TPSA) is 62.3 Å². The molecule has 5 nitrogen and oxygen atoms in total. The molecular weight excluding hydrogens is 370 g/mol. The monoisotopic (exact) mass is 397 g/mol. The zero-order chi connectivity index (χ0) is 19.5. The second-order valence-corrected chi connectivity index (χ2v) is 9.15. The van der Waals surface area contributed by atoms with Gasteiger partial charge in [0.25, 0.3) is 5.91 Å². The van der Waals surface area contributed by atoms with Crippen LogP contribution in [-0.2, 0) is 24.2 Å². The molecule has 2 aliphatic rings. The van der Waals surface area contributed by atoms with Gasteiger partial charge in [-0.15, -0.1) is 11.3 Å². The van der Waals surface area contributed by atoms with E-state index in [1.807, 2.05) is 29.2 Å². The SMILES string of the molecule is CC1CCN(C(=O)c2cc3c(s2)CCC(C(=O)NCc2ccccn2)C3)CC1. The number of amides is 2. The largest absolute Gasteiger partial charge is 0.350 e. The molecule has 3 heterocycles. The molecule has 2 aromatic heterocycles. The van der Waals surface area contributed by atoms with Crippen molar-refractivity contribution in [2.45, 2.75) is 45.6 Å². The molecule has 1 aliphatic carbocycles. The lowest BCUT2D eigenvalue weighted by molar-refractivity contribution is -0.125. The number of nitrogens with one attached hydrogen (secondary N) is 1. The van der Waals surface area contributed by atoms with Crippen LogP contribution in [0, 0.1) is 11.8 Å². The number of hydrogen-bond donors (Lipinski definition) is 1. The fourth-order valence-electron chi connectivity index (χ4n) is 4.05. The molecule has 1 fully saturated rings. The van der Waals surface area contributed by atoms with E-state index in [-0.39, 0.29) is 17.7 Å². The van der Waals surface area contributed by atoms with Gasteiger partial charge in [-0.05, 0) is 61.8 Å². The molecule has 148 valence electrons. The molecule has 2 amide bonds. The first-order valence-corrected chi connectivity index (χ1v) is 11.0. The Labute approximate surface area is 170 Å². The standard InChI is InChI=1S/C22H27N3O2S/c1-15-7-10-25(11-8-15)22(27)20-13-17-12-16(5-6-19(17)28-20)21(26)24-14-18-4-2-3-9-23-18/h2-4,9,13,15-16H,5-8,10-12,14H2,1H3,(H,24,26). The fourth-order valence-corrected chi connectivity index (χ4v) is 5.22. The first-order valence-electron chi connectivity index (χ1n) is 10.2. The van der Waals surface area contributed by atoms with E-state index in [1.54, 1.807) is 17.5 Å². The van der Waals surface area contributed by atoms with Crippen molar-refractivity contribution < 1.29 is 9.59 Å². The third-order valence-corrected chi connectivity index (χ3v) is 7.13. The predicted molar refractivity (Wildman–Crippen MR) is 110 cm³/mol. The highest BCUT2D eigenvalue weighted by Crippen LogP contribution is 2.33. The molecule has 1 aliphatic heterocycles. The van der Waals surface area contributed by atoms with Gasteiger partial charge in [0.05, 0.1) is 17.1 Å². The third kappa shape index (κ3) is 4.27. The van der Waals surface area contributed by atoms with Crippen LogP contribution >= 0.6 is 11.3 Å². The fraction of sp³-hybridized carbons (Fsp3) is 0.500. The Kier molecular flexibility index (Phi) is 5.76. The second-order valence-electron chi connectivity index (χ2n) is 8.01. The van der Waals surface area contributed by atoms with Gasteiger partial charge in [-0.25, -0.2) is 0 Å². The Hall–Kier alpha value is -2.21. The van der Waals surface area contributed by atoms with Gasteiger partial charge in [-0.2, -0.15) is 0 Å². The number of aryl methyl sites for hydroxylation is 1. The summed E-state index contributed by atoms with van der Waals surface area (Å²) in [6, 6.07) is 7.75. The molecule has 0 aromatic carbocycles. The summed E-state index contributed by atoms with van der Waals surface area (Å²) in [6.45, 7) is 4.44. The van der Waals surface area contributed by atoms with Crippen molar-refractivity contribution >= 4 is 23.2 Å². The Bertz CT molecular complexity index is 841. The zero-order valence-corrected chi connectivity index (χ0v) is 17.1. The highest BCUT2D eigenvalue weighted by atomic mass is 32.1. The third-order valence-electron chi connectivity index (χ3n) is 5.91. The summed E-state index contributed by atoms with van der Waals surface area (Å²) < 4.78 is 0. The lowest BCUT2D eigenvalue weighted by Crippen LogP contribution is -2.37. The number of likely N-dealkylation sites (tertiary alicyclic amines) is 1. The maximum Gasteiger partial charge on any atom is 0.263 e. The van der Waals surface area contributed by atoms with E-state index in [0.29, 0.717) is 12.5 Å². The van der Waals surface area contributed by atoms with Crippen LogP contribution < -0.4 is 5.32 Å². The number of pyridine rings is 1. The molecule has 6 heteroatoms. The van der Waals surface area contributed by atoms with Gasteiger partial charge in [0.15, 0.2) is 0 Å². The summed E-state index contributed by atoms with van der Waals surface area (Å²) >= 11 is 1.63. The average molecular weight is 398 g/mol. The Morgan fingerprint density at radius 1 is 1.25 bits per heavy atom. The average Bonchev–Trinajstić information content (AvgIpc) is 3.16. The van der Waals surface area contributed by atoms with Crippen LogP contribution in [0.1, 0.15) is 52.0 Å². The van der Waals surface area contributed by atoms with Crippen molar-refractivity contribution in [2.24, 2.45) is 11.8 Å². The number of fused-ring (bicyclic) bond motifs is 1. The molecule has 1 unspecified atom stereocenters. The van der Waals surface area contributed by atoms with E-state index in [4.69, 9.17) is 0 Å². The molecule has 0 bridgehead atoms. The van der Waals surface area contributed by atoms with Crippen LogP contribution in [0.5, 0.6) is 0 Å². The molecule has 0 saturated carbocycles. The summed E-state index contributed by atoms with van der Waals surface area (Å²) in [5.41, 5.74) is 2.05. The summed E-state index contributed by atoms with van der Waals surface area (Å²) in [4.78, 5) is 33.8. The van der Waals surface area contributed by atoms with Crippen LogP contribution in [0.15, 0.2) is 30.5 Å². The maximum atomic E-state index is 12.8. The highest BCUT2D eigenvalue weighted by Gasteiger charge is 2.29. The van der Waals surface area contributed by atoms with E-state index in [1.165, 1.54) is 10.4 Å². The van der Waals surface area contributed by atoms with Crippen molar-refractivity contribution in [3.8, 4) is 0 Å². The predicted octanol–water partition coefficient (Wildman–Crippen LogP) is 3.44. The van der Waals surface area contributed by atoms with Crippen molar-refractivity contribution in [3.05, 3.63) is 51.5 Å². The number of carbonyl (C=O) groups is 2. The number of thiophene rings is 1. The Morgan fingerprint density at radius 3 is 2.82 bits per heavy atom. The molecule has 0 spiro atoms. The summed E-state index contributed by atoms with van der Waals surface area (Å²) in [7, 11) is 0. The number of rotatable bonds is 4. The number of aromatic nitrogens is 1. The smallest absolute Gasteiger partial charge is 0.263 e. The van der Waals surface area contributed by atoms with Gasteiger partial charge in [-0.3, -0.25) is 14.6 Å². The molecule has 1 atom stereocenters. The van der Waals surface area contributed by atoms with Crippen LogP contribution in [0.3, 0.4) is 0 Å². The molecule has 28 heavy (non-hydrogen) atoms. The first kappa shape index (κ1) is 19.1. The van der Waals surface area contributed by atoms with Gasteiger partial charge in [-0.1, -0.05) is 13.0 Å². The number of carbonyl (C=O) groups excluding carboxylic acids is 2. The first-order chi connectivity index (χ1) is 13.6. The van der Waals surface area contributed by atoms with Crippen molar-refractivity contribution in [1.29, 1.82) is 0 Å². The van der Waals surface area contributed by atoms with Crippen LogP contribution in [-0.4, -0.2) is 34.8 Å². The minimum absolute atomic E-state index is 0.0235. The minimum atomic E-state index is -0.0235. The van der Waals surface area contributed by atoms with Gasteiger partial charge in [0, 0.05) is 30.1 Å². The zero-order valence-electron chi connectivity index (χ0n) is 16.3. The molecule has 1 saturated heterocycles. The van der Waals surface area contributed by atoms with Crippen molar-refractivity contribution in [1.82, 2.24) is 15.2 Å². The van der Waals surface area contributed by atoms with E-state index in [0.717, 1.165) is 55.8 Å². The summed E-state index contributed by atoms with van der Waals surface area (Å²) in [5, 5.41) is 3.01. The van der Waals surface area contributed by atoms with E-state index in [2.05, 4.69) is 17.2 Å². The molecule has 0 radical (unpaired) electrons. The van der Waals surface area contributed by atoms with Gasteiger partial charge < -0.3 is 10.2 Å². The molecule has 1 N–H and O–H groups in total. The lowest BCUT2D eigenvalue weighted by Gasteiger charge is -2.29. The lowest BCUT2D eigenvalue weighted by atomic mass is 9.87. The number of piperidine rings is 1. The molecule has 2 aromatic rings. The van der Waals surface area contributed by atoms with E-state index < -0.39 is 0 Å². The molecule has 4 rings (SSSR count). The van der Waals surface area contributed by atoms with E-state index in [9.17, 15) is 9.59 Å². The minimum Gasteiger partial charge on any atom is -0.350 e. The summed E-state index contributed by atoms with van der Waals surface area (Å²) in [5.74, 6) is 0.943. The van der Waals surface area contributed by atoms with Crippen LogP contribution in [0.2, 0.25) is 0 Å². The second kappa shape index (κ2) is 8.43.